The van der Waals surface area contributed by atoms with Crippen LogP contribution in [-0.2, 0) is 16.0 Å². The van der Waals surface area contributed by atoms with Gasteiger partial charge in [-0.1, -0.05) is 42.5 Å². The maximum atomic E-state index is 12.4. The third-order valence-electron chi connectivity index (χ3n) is 4.30. The summed E-state index contributed by atoms with van der Waals surface area (Å²) >= 11 is 0. The predicted molar refractivity (Wildman–Crippen MR) is 115 cm³/mol. The van der Waals surface area contributed by atoms with Crippen LogP contribution in [0.3, 0.4) is 0 Å². The van der Waals surface area contributed by atoms with E-state index in [4.69, 9.17) is 9.47 Å². The quantitative estimate of drug-likeness (QED) is 0.175. The van der Waals surface area contributed by atoms with Crippen LogP contribution < -0.4 is 4.74 Å². The van der Waals surface area contributed by atoms with E-state index in [0.29, 0.717) is 12.0 Å². The van der Waals surface area contributed by atoms with Crippen LogP contribution in [0.4, 0.5) is 5.69 Å². The van der Waals surface area contributed by atoms with Crippen molar-refractivity contribution in [3.63, 3.8) is 0 Å². The third kappa shape index (κ3) is 6.37. The van der Waals surface area contributed by atoms with Gasteiger partial charge in [-0.25, -0.2) is 9.59 Å². The summed E-state index contributed by atoms with van der Waals surface area (Å²) in [6, 6.07) is 21.7. The highest BCUT2D eigenvalue weighted by Gasteiger charge is 2.15. The second kappa shape index (κ2) is 10.5. The van der Waals surface area contributed by atoms with Crippen LogP contribution in [0.5, 0.6) is 5.75 Å². The van der Waals surface area contributed by atoms with E-state index in [9.17, 15) is 19.7 Å². The number of rotatable bonds is 8. The van der Waals surface area contributed by atoms with Crippen molar-refractivity contribution in [2.45, 2.75) is 6.42 Å². The monoisotopic (exact) mass is 417 g/mol. The molecular weight excluding hydrogens is 398 g/mol. The Kier molecular flexibility index (Phi) is 7.26. The lowest BCUT2D eigenvalue weighted by molar-refractivity contribution is -0.384. The molecule has 0 aliphatic heterocycles. The molecule has 0 aliphatic carbocycles. The highest BCUT2D eigenvalue weighted by atomic mass is 16.6. The molecule has 0 N–H and O–H groups in total. The number of benzene rings is 3. The van der Waals surface area contributed by atoms with E-state index in [2.05, 4.69) is 0 Å². The highest BCUT2D eigenvalue weighted by molar-refractivity contribution is 5.95. The number of non-ortho nitro benzene ring substituents is 1. The number of ether oxygens (including phenoxy) is 2. The van der Waals surface area contributed by atoms with E-state index in [-0.39, 0.29) is 23.6 Å². The van der Waals surface area contributed by atoms with E-state index in [0.717, 1.165) is 5.56 Å². The van der Waals surface area contributed by atoms with Gasteiger partial charge in [0.2, 0.25) is 0 Å². The van der Waals surface area contributed by atoms with Crippen molar-refractivity contribution in [3.05, 3.63) is 112 Å². The van der Waals surface area contributed by atoms with Gasteiger partial charge in [0.05, 0.1) is 11.5 Å². The third-order valence-corrected chi connectivity index (χ3v) is 4.30. The molecule has 0 aromatic heterocycles. The molecule has 0 aliphatic rings. The molecule has 0 saturated heterocycles. The standard InChI is InChI=1S/C24H19NO6/c26-23(15-12-19-10-13-20(14-11-19)25(28)29)31-22-9-5-4-8-21(22)24(27)30-17-16-18-6-2-1-3-7-18/h1-15H,16-17H2/b15-12+. The molecule has 0 saturated carbocycles. The second-order valence-corrected chi connectivity index (χ2v) is 6.47. The lowest BCUT2D eigenvalue weighted by atomic mass is 10.1. The molecular formula is C24H19NO6. The number of nitrogens with zero attached hydrogens (tertiary/aromatic N) is 1. The highest BCUT2D eigenvalue weighted by Crippen LogP contribution is 2.20. The fourth-order valence-corrected chi connectivity index (χ4v) is 2.72. The Labute approximate surface area is 178 Å². The zero-order valence-electron chi connectivity index (χ0n) is 16.5. The summed E-state index contributed by atoms with van der Waals surface area (Å²) in [4.78, 5) is 34.8. The Morgan fingerprint density at radius 1 is 0.903 bits per heavy atom. The first-order valence-corrected chi connectivity index (χ1v) is 9.47. The summed E-state index contributed by atoms with van der Waals surface area (Å²) in [6.45, 7) is 0.200. The van der Waals surface area contributed by atoms with Gasteiger partial charge in [0.25, 0.3) is 5.69 Å². The van der Waals surface area contributed by atoms with Crippen molar-refractivity contribution >= 4 is 23.7 Å². The summed E-state index contributed by atoms with van der Waals surface area (Å²) in [7, 11) is 0. The lowest BCUT2D eigenvalue weighted by Gasteiger charge is -2.09. The van der Waals surface area contributed by atoms with Crippen LogP contribution in [0.15, 0.2) is 84.9 Å². The molecule has 31 heavy (non-hydrogen) atoms. The molecule has 3 aromatic carbocycles. The minimum atomic E-state index is -0.692. The Bertz CT molecular complexity index is 1090. The fraction of sp³-hybridized carbons (Fsp3) is 0.0833. The van der Waals surface area contributed by atoms with E-state index < -0.39 is 16.9 Å². The van der Waals surface area contributed by atoms with Gasteiger partial charge < -0.3 is 9.47 Å². The molecule has 0 amide bonds. The number of esters is 2. The van der Waals surface area contributed by atoms with Gasteiger partial charge in [0, 0.05) is 24.6 Å². The smallest absolute Gasteiger partial charge is 0.341 e. The van der Waals surface area contributed by atoms with Crippen LogP contribution in [0.1, 0.15) is 21.5 Å². The summed E-state index contributed by atoms with van der Waals surface area (Å²) in [5, 5.41) is 10.7. The molecule has 0 radical (unpaired) electrons. The zero-order chi connectivity index (χ0) is 22.1. The molecule has 7 heteroatoms. The number of hydrogen-bond donors (Lipinski definition) is 0. The zero-order valence-corrected chi connectivity index (χ0v) is 16.5. The van der Waals surface area contributed by atoms with Crippen molar-refractivity contribution < 1.29 is 24.0 Å². The normalized spacial score (nSPS) is 10.6. The van der Waals surface area contributed by atoms with E-state index >= 15 is 0 Å². The molecule has 0 fully saturated rings. The number of hydrogen-bond acceptors (Lipinski definition) is 6. The first kappa shape index (κ1) is 21.4. The molecule has 0 bridgehead atoms. The van der Waals surface area contributed by atoms with E-state index in [1.54, 1.807) is 12.1 Å². The van der Waals surface area contributed by atoms with Crippen molar-refractivity contribution in [2.75, 3.05) is 6.61 Å². The maximum Gasteiger partial charge on any atom is 0.341 e. The first-order valence-electron chi connectivity index (χ1n) is 9.47. The Hall–Kier alpha value is -4.26. The molecule has 7 nitrogen and oxygen atoms in total. The molecule has 0 spiro atoms. The molecule has 3 rings (SSSR count). The van der Waals surface area contributed by atoms with Gasteiger partial charge in [-0.3, -0.25) is 10.1 Å². The minimum absolute atomic E-state index is 0.0422. The van der Waals surface area contributed by atoms with E-state index in [1.807, 2.05) is 30.3 Å². The van der Waals surface area contributed by atoms with Crippen molar-refractivity contribution in [1.29, 1.82) is 0 Å². The molecule has 0 unspecified atom stereocenters. The maximum absolute atomic E-state index is 12.4. The summed E-state index contributed by atoms with van der Waals surface area (Å²) in [5.74, 6) is -1.19. The molecule has 156 valence electrons. The number of nitro groups is 1. The van der Waals surface area contributed by atoms with Crippen LogP contribution in [0.2, 0.25) is 0 Å². The number of nitro benzene ring substituents is 1. The van der Waals surface area contributed by atoms with Gasteiger partial charge in [0.15, 0.2) is 0 Å². The van der Waals surface area contributed by atoms with Gasteiger partial charge in [0.1, 0.15) is 11.3 Å². The fourth-order valence-electron chi connectivity index (χ4n) is 2.72. The molecule has 3 aromatic rings. The number of carbonyl (C=O) groups excluding carboxylic acids is 2. The average molecular weight is 417 g/mol. The average Bonchev–Trinajstić information content (AvgIpc) is 2.79. The molecule has 0 atom stereocenters. The Morgan fingerprint density at radius 2 is 1.58 bits per heavy atom. The van der Waals surface area contributed by atoms with Crippen LogP contribution >= 0.6 is 0 Å². The van der Waals surface area contributed by atoms with Crippen molar-refractivity contribution in [2.24, 2.45) is 0 Å². The number of para-hydroxylation sites is 1. The summed E-state index contributed by atoms with van der Waals surface area (Å²) in [5.41, 5.74) is 1.75. The van der Waals surface area contributed by atoms with Crippen molar-refractivity contribution in [3.8, 4) is 5.75 Å². The molecule has 0 heterocycles. The second-order valence-electron chi connectivity index (χ2n) is 6.47. The largest absolute Gasteiger partial charge is 0.462 e. The van der Waals surface area contributed by atoms with Gasteiger partial charge in [-0.2, -0.15) is 0 Å². The van der Waals surface area contributed by atoms with Gasteiger partial charge in [-0.15, -0.1) is 0 Å². The van der Waals surface area contributed by atoms with Crippen LogP contribution in [0, 0.1) is 10.1 Å². The summed E-state index contributed by atoms with van der Waals surface area (Å²) in [6.07, 6.45) is 3.22. The Balaban J connectivity index is 1.59. The predicted octanol–water partition coefficient (Wildman–Crippen LogP) is 4.61. The Morgan fingerprint density at radius 3 is 2.29 bits per heavy atom. The first-order chi connectivity index (χ1) is 15.0. The topological polar surface area (TPSA) is 95.7 Å². The lowest BCUT2D eigenvalue weighted by Crippen LogP contribution is -2.12. The van der Waals surface area contributed by atoms with Gasteiger partial charge in [-0.05, 0) is 41.5 Å². The summed E-state index contributed by atoms with van der Waals surface area (Å²) < 4.78 is 10.6. The SMILES string of the molecule is O=C(/C=C/c1ccc([N+](=O)[O-])cc1)Oc1ccccc1C(=O)OCCc1ccccc1. The number of carbonyl (C=O) groups is 2. The van der Waals surface area contributed by atoms with Crippen LogP contribution in [0.25, 0.3) is 6.08 Å². The minimum Gasteiger partial charge on any atom is -0.462 e. The van der Waals surface area contributed by atoms with Crippen molar-refractivity contribution in [1.82, 2.24) is 0 Å². The van der Waals surface area contributed by atoms with E-state index in [1.165, 1.54) is 48.6 Å². The van der Waals surface area contributed by atoms with Gasteiger partial charge >= 0.3 is 11.9 Å². The van der Waals surface area contributed by atoms with Crippen LogP contribution in [-0.4, -0.2) is 23.5 Å².